The number of nitrogens with zero attached hydrogens (tertiary/aromatic N) is 2. The molecule has 4 nitrogen and oxygen atoms in total. The highest BCUT2D eigenvalue weighted by Crippen LogP contribution is 2.12. The first-order valence-electron chi connectivity index (χ1n) is 6.03. The van der Waals surface area contributed by atoms with Crippen molar-refractivity contribution in [1.29, 1.82) is 0 Å². The van der Waals surface area contributed by atoms with Gasteiger partial charge in [0.2, 0.25) is 0 Å². The van der Waals surface area contributed by atoms with Gasteiger partial charge in [0.05, 0.1) is 5.56 Å². The Balaban J connectivity index is 2.57. The van der Waals surface area contributed by atoms with Gasteiger partial charge < -0.3 is 10.6 Å². The standard InChI is InChI=1S/C13H20BrN3O/c1-9(2)12(15)4-5-17(3)13(18)10-6-11(14)8-16-7-10/h6-9,12H,4-5,15H2,1-3H3. The first kappa shape index (κ1) is 15.1. The first-order chi connectivity index (χ1) is 8.41. The van der Waals surface area contributed by atoms with Gasteiger partial charge in [-0.15, -0.1) is 0 Å². The predicted molar refractivity (Wildman–Crippen MR) is 76.3 cm³/mol. The van der Waals surface area contributed by atoms with Gasteiger partial charge in [-0.05, 0) is 34.3 Å². The van der Waals surface area contributed by atoms with Gasteiger partial charge in [-0.3, -0.25) is 9.78 Å². The van der Waals surface area contributed by atoms with Gasteiger partial charge in [0, 0.05) is 36.5 Å². The van der Waals surface area contributed by atoms with E-state index in [1.54, 1.807) is 30.4 Å². The fourth-order valence-corrected chi connectivity index (χ4v) is 1.89. The van der Waals surface area contributed by atoms with Gasteiger partial charge in [-0.2, -0.15) is 0 Å². The normalized spacial score (nSPS) is 12.6. The van der Waals surface area contributed by atoms with E-state index in [4.69, 9.17) is 5.73 Å². The molecule has 18 heavy (non-hydrogen) atoms. The van der Waals surface area contributed by atoms with E-state index in [2.05, 4.69) is 34.8 Å². The molecule has 5 heteroatoms. The second-order valence-electron chi connectivity index (χ2n) is 4.82. The quantitative estimate of drug-likeness (QED) is 0.907. The Labute approximate surface area is 117 Å². The molecule has 0 aromatic carbocycles. The summed E-state index contributed by atoms with van der Waals surface area (Å²) in [6.07, 6.45) is 4.04. The molecule has 2 N–H and O–H groups in total. The number of hydrogen-bond donors (Lipinski definition) is 1. The highest BCUT2D eigenvalue weighted by Gasteiger charge is 2.14. The summed E-state index contributed by atoms with van der Waals surface area (Å²) >= 11 is 3.31. The smallest absolute Gasteiger partial charge is 0.255 e. The minimum atomic E-state index is -0.0280. The van der Waals surface area contributed by atoms with E-state index in [0.29, 0.717) is 18.0 Å². The molecule has 100 valence electrons. The number of pyridine rings is 1. The second kappa shape index (κ2) is 6.85. The van der Waals surface area contributed by atoms with Gasteiger partial charge in [0.15, 0.2) is 0 Å². The average Bonchev–Trinajstić information content (AvgIpc) is 2.34. The van der Waals surface area contributed by atoms with Crippen molar-refractivity contribution in [1.82, 2.24) is 9.88 Å². The number of halogens is 1. The van der Waals surface area contributed by atoms with Crippen molar-refractivity contribution in [2.75, 3.05) is 13.6 Å². The molecule has 1 atom stereocenters. The van der Waals surface area contributed by atoms with E-state index in [1.165, 1.54) is 0 Å². The first-order valence-corrected chi connectivity index (χ1v) is 6.82. The molecule has 0 aliphatic heterocycles. The third-order valence-electron chi connectivity index (χ3n) is 2.95. The lowest BCUT2D eigenvalue weighted by Gasteiger charge is -2.21. The van der Waals surface area contributed by atoms with Gasteiger partial charge in [0.1, 0.15) is 0 Å². The zero-order valence-corrected chi connectivity index (χ0v) is 12.6. The highest BCUT2D eigenvalue weighted by molar-refractivity contribution is 9.10. The van der Waals surface area contributed by atoms with Crippen LogP contribution in [0.1, 0.15) is 30.6 Å². The molecule has 1 amide bonds. The van der Waals surface area contributed by atoms with Crippen molar-refractivity contribution in [3.8, 4) is 0 Å². The minimum absolute atomic E-state index is 0.0280. The zero-order chi connectivity index (χ0) is 13.7. The Morgan fingerprint density at radius 1 is 1.50 bits per heavy atom. The van der Waals surface area contributed by atoms with E-state index in [0.717, 1.165) is 10.9 Å². The zero-order valence-electron chi connectivity index (χ0n) is 11.1. The molecule has 0 radical (unpaired) electrons. The van der Waals surface area contributed by atoms with Crippen molar-refractivity contribution in [2.24, 2.45) is 11.7 Å². The van der Waals surface area contributed by atoms with Crippen LogP contribution in [0.5, 0.6) is 0 Å². The summed E-state index contributed by atoms with van der Waals surface area (Å²) in [5, 5.41) is 0. The number of rotatable bonds is 5. The molecule has 1 rings (SSSR count). The third-order valence-corrected chi connectivity index (χ3v) is 3.39. The second-order valence-corrected chi connectivity index (χ2v) is 5.73. The van der Waals surface area contributed by atoms with Gasteiger partial charge in [-0.25, -0.2) is 0 Å². The molecule has 1 aromatic heterocycles. The molecular formula is C13H20BrN3O. The van der Waals surface area contributed by atoms with E-state index in [-0.39, 0.29) is 11.9 Å². The molecule has 0 saturated heterocycles. The summed E-state index contributed by atoms with van der Waals surface area (Å²) in [4.78, 5) is 17.8. The number of carbonyl (C=O) groups excluding carboxylic acids is 1. The van der Waals surface area contributed by atoms with E-state index in [1.807, 2.05) is 0 Å². The highest BCUT2D eigenvalue weighted by atomic mass is 79.9. The van der Waals surface area contributed by atoms with Crippen molar-refractivity contribution < 1.29 is 4.79 Å². The molecule has 1 unspecified atom stereocenters. The summed E-state index contributed by atoms with van der Waals surface area (Å²) < 4.78 is 0.806. The van der Waals surface area contributed by atoms with Crippen molar-refractivity contribution >= 4 is 21.8 Å². The molecule has 0 aliphatic carbocycles. The maximum Gasteiger partial charge on any atom is 0.255 e. The molecule has 0 saturated carbocycles. The van der Waals surface area contributed by atoms with Crippen molar-refractivity contribution in [3.63, 3.8) is 0 Å². The van der Waals surface area contributed by atoms with Crippen molar-refractivity contribution in [3.05, 3.63) is 28.5 Å². The molecule has 0 spiro atoms. The predicted octanol–water partition coefficient (Wildman–Crippen LogP) is 2.29. The molecular weight excluding hydrogens is 294 g/mol. The van der Waals surface area contributed by atoms with Crippen LogP contribution < -0.4 is 5.73 Å². The van der Waals surface area contributed by atoms with Crippen LogP contribution in [0.25, 0.3) is 0 Å². The fraction of sp³-hybridized carbons (Fsp3) is 0.538. The summed E-state index contributed by atoms with van der Waals surface area (Å²) in [6, 6.07) is 1.90. The average molecular weight is 314 g/mol. The van der Waals surface area contributed by atoms with E-state index >= 15 is 0 Å². The number of hydrogen-bond acceptors (Lipinski definition) is 3. The maximum atomic E-state index is 12.1. The van der Waals surface area contributed by atoms with Crippen LogP contribution in [0.15, 0.2) is 22.9 Å². The molecule has 1 aromatic rings. The Kier molecular flexibility index (Phi) is 5.75. The summed E-state index contributed by atoms with van der Waals surface area (Å²) in [6.45, 7) is 4.83. The maximum absolute atomic E-state index is 12.1. The van der Waals surface area contributed by atoms with Crippen LogP contribution in [0, 0.1) is 5.92 Å². The lowest BCUT2D eigenvalue weighted by molar-refractivity contribution is 0.0788. The lowest BCUT2D eigenvalue weighted by Crippen LogP contribution is -2.34. The largest absolute Gasteiger partial charge is 0.342 e. The Morgan fingerprint density at radius 2 is 2.17 bits per heavy atom. The number of nitrogens with two attached hydrogens (primary N) is 1. The summed E-state index contributed by atoms with van der Waals surface area (Å²) in [5.74, 6) is 0.404. The fourth-order valence-electron chi connectivity index (χ4n) is 1.53. The molecule has 1 heterocycles. The van der Waals surface area contributed by atoms with Crippen LogP contribution >= 0.6 is 15.9 Å². The number of amides is 1. The van der Waals surface area contributed by atoms with Crippen LogP contribution in [0.3, 0.4) is 0 Å². The topological polar surface area (TPSA) is 59.2 Å². The Hall–Kier alpha value is -0.940. The number of aromatic nitrogens is 1. The van der Waals surface area contributed by atoms with Crippen LogP contribution in [-0.4, -0.2) is 35.4 Å². The van der Waals surface area contributed by atoms with Gasteiger partial charge >= 0.3 is 0 Å². The lowest BCUT2D eigenvalue weighted by atomic mass is 10.0. The molecule has 0 bridgehead atoms. The SMILES string of the molecule is CC(C)C(N)CCN(C)C(=O)c1cncc(Br)c1. The van der Waals surface area contributed by atoms with Gasteiger partial charge in [0.25, 0.3) is 5.91 Å². The molecule has 0 fully saturated rings. The summed E-state index contributed by atoms with van der Waals surface area (Å²) in [5.41, 5.74) is 6.56. The monoisotopic (exact) mass is 313 g/mol. The van der Waals surface area contributed by atoms with E-state index in [9.17, 15) is 4.79 Å². The van der Waals surface area contributed by atoms with Crippen molar-refractivity contribution in [2.45, 2.75) is 26.3 Å². The Morgan fingerprint density at radius 3 is 2.72 bits per heavy atom. The van der Waals surface area contributed by atoms with E-state index < -0.39 is 0 Å². The third kappa shape index (κ3) is 4.38. The number of carbonyl (C=O) groups is 1. The minimum Gasteiger partial charge on any atom is -0.342 e. The Bertz CT molecular complexity index is 409. The van der Waals surface area contributed by atoms with Gasteiger partial charge in [-0.1, -0.05) is 13.8 Å². The molecule has 0 aliphatic rings. The van der Waals surface area contributed by atoms with Crippen LogP contribution in [-0.2, 0) is 0 Å². The van der Waals surface area contributed by atoms with Crippen LogP contribution in [0.4, 0.5) is 0 Å². The van der Waals surface area contributed by atoms with Crippen LogP contribution in [0.2, 0.25) is 0 Å². The summed E-state index contributed by atoms with van der Waals surface area (Å²) in [7, 11) is 1.79.